The minimum atomic E-state index is -0.932. The van der Waals surface area contributed by atoms with Gasteiger partial charge in [0.25, 0.3) is 11.8 Å². The van der Waals surface area contributed by atoms with Crippen LogP contribution in [0.5, 0.6) is 23.0 Å². The van der Waals surface area contributed by atoms with Crippen LogP contribution in [0, 0.1) is 0 Å². The smallest absolute Gasteiger partial charge is 0.297 e. The van der Waals surface area contributed by atoms with Gasteiger partial charge in [0.2, 0.25) is 5.71 Å². The van der Waals surface area contributed by atoms with E-state index in [1.165, 1.54) is 53.0 Å². The van der Waals surface area contributed by atoms with Crippen LogP contribution < -0.4 is 35.2 Å². The van der Waals surface area contributed by atoms with Crippen molar-refractivity contribution in [3.05, 3.63) is 75.8 Å². The monoisotopic (exact) mass is 600 g/mol. The van der Waals surface area contributed by atoms with Gasteiger partial charge in [-0.1, -0.05) is 23.2 Å². The number of benzene rings is 3. The fourth-order valence-corrected chi connectivity index (χ4v) is 3.65. The van der Waals surface area contributed by atoms with Gasteiger partial charge in [0, 0.05) is 5.02 Å². The van der Waals surface area contributed by atoms with Crippen LogP contribution in [0.1, 0.15) is 11.1 Å². The van der Waals surface area contributed by atoms with Gasteiger partial charge >= 0.3 is 0 Å². The molecule has 0 bridgehead atoms. The Bertz CT molecular complexity index is 1410. The van der Waals surface area contributed by atoms with Gasteiger partial charge in [-0.15, -0.1) is 0 Å². The summed E-state index contributed by atoms with van der Waals surface area (Å²) in [5.41, 5.74) is 8.01. The lowest BCUT2D eigenvalue weighted by molar-refractivity contribution is -0.118. The number of ether oxygens (including phenoxy) is 4. The van der Waals surface area contributed by atoms with E-state index in [9.17, 15) is 9.59 Å². The Morgan fingerprint density at radius 2 is 1.17 bits per heavy atom. The lowest BCUT2D eigenvalue weighted by atomic mass is 10.2. The molecule has 41 heavy (non-hydrogen) atoms. The van der Waals surface area contributed by atoms with Crippen molar-refractivity contribution < 1.29 is 28.5 Å². The first kappa shape index (κ1) is 30.7. The zero-order valence-corrected chi connectivity index (χ0v) is 23.9. The molecule has 12 nitrogen and oxygen atoms in total. The van der Waals surface area contributed by atoms with Crippen LogP contribution >= 0.6 is 23.2 Å². The highest BCUT2D eigenvalue weighted by molar-refractivity contribution is 6.65. The van der Waals surface area contributed by atoms with Gasteiger partial charge in [0.05, 0.1) is 51.6 Å². The molecule has 0 spiro atoms. The molecule has 0 saturated carbocycles. The zero-order valence-electron chi connectivity index (χ0n) is 22.4. The molecular weight excluding hydrogens is 575 g/mol. The molecule has 0 fully saturated rings. The second kappa shape index (κ2) is 15.1. The number of halogens is 2. The minimum Gasteiger partial charge on any atom is -0.493 e. The summed E-state index contributed by atoms with van der Waals surface area (Å²) in [6.45, 7) is 0. The van der Waals surface area contributed by atoms with Crippen LogP contribution in [0.15, 0.2) is 69.9 Å². The molecule has 0 unspecified atom stereocenters. The van der Waals surface area contributed by atoms with Gasteiger partial charge in [-0.2, -0.15) is 15.3 Å². The maximum Gasteiger partial charge on any atom is 0.297 e. The summed E-state index contributed by atoms with van der Waals surface area (Å²) in [6, 6.07) is 14.6. The summed E-state index contributed by atoms with van der Waals surface area (Å²) in [7, 11) is 6.02. The second-order valence-electron chi connectivity index (χ2n) is 7.82. The molecular formula is C27H26Cl2N6O6. The molecule has 3 rings (SSSR count). The van der Waals surface area contributed by atoms with Crippen LogP contribution in [0.2, 0.25) is 10.0 Å². The van der Waals surface area contributed by atoms with Gasteiger partial charge in [-0.25, -0.2) is 10.9 Å². The van der Waals surface area contributed by atoms with Crippen LogP contribution in [0.25, 0.3) is 0 Å². The number of hydrogen-bond acceptors (Lipinski definition) is 10. The van der Waals surface area contributed by atoms with Crippen molar-refractivity contribution in [1.82, 2.24) is 10.9 Å². The summed E-state index contributed by atoms with van der Waals surface area (Å²) >= 11 is 12.1. The Morgan fingerprint density at radius 3 is 1.61 bits per heavy atom. The first-order valence-corrected chi connectivity index (χ1v) is 12.4. The molecule has 2 amide bonds. The number of rotatable bonds is 12. The van der Waals surface area contributed by atoms with E-state index in [1.807, 2.05) is 0 Å². The predicted octanol–water partition coefficient (Wildman–Crippen LogP) is 4.10. The Balaban J connectivity index is 1.79. The molecule has 3 N–H and O–H groups in total. The van der Waals surface area contributed by atoms with E-state index < -0.39 is 17.5 Å². The predicted molar refractivity (Wildman–Crippen MR) is 158 cm³/mol. The number of carbonyl (C=O) groups is 2. The summed E-state index contributed by atoms with van der Waals surface area (Å²) in [5.74, 6) is 0.138. The Morgan fingerprint density at radius 1 is 0.683 bits per heavy atom. The SMILES string of the molecule is COc1ccc(C=NNC(=O)C(=NNc2ccc(Cl)cc2Cl)C(=O)NN=Cc2ccc(OC)c(OC)c2)cc1OC. The van der Waals surface area contributed by atoms with E-state index in [0.29, 0.717) is 44.8 Å². The average molecular weight is 601 g/mol. The zero-order chi connectivity index (χ0) is 29.8. The van der Waals surface area contributed by atoms with Gasteiger partial charge < -0.3 is 18.9 Å². The van der Waals surface area contributed by atoms with Gasteiger partial charge in [-0.05, 0) is 65.7 Å². The third kappa shape index (κ3) is 8.59. The van der Waals surface area contributed by atoms with E-state index in [2.05, 4.69) is 31.6 Å². The normalized spacial score (nSPS) is 10.7. The average Bonchev–Trinajstić information content (AvgIpc) is 2.97. The van der Waals surface area contributed by atoms with E-state index in [1.54, 1.807) is 42.5 Å². The number of hydrogen-bond donors (Lipinski definition) is 3. The Labute approximate surface area is 245 Å². The maximum atomic E-state index is 12.9. The van der Waals surface area contributed by atoms with Crippen LogP contribution in [0.4, 0.5) is 5.69 Å². The quantitative estimate of drug-likeness (QED) is 0.161. The second-order valence-corrected chi connectivity index (χ2v) is 8.67. The van der Waals surface area contributed by atoms with E-state index in [-0.39, 0.29) is 5.02 Å². The fraction of sp³-hybridized carbons (Fsp3) is 0.148. The van der Waals surface area contributed by atoms with E-state index >= 15 is 0 Å². The minimum absolute atomic E-state index is 0.222. The van der Waals surface area contributed by atoms with E-state index in [0.717, 1.165) is 0 Å². The van der Waals surface area contributed by atoms with Gasteiger partial charge in [0.1, 0.15) is 0 Å². The van der Waals surface area contributed by atoms with Crippen molar-refractivity contribution in [1.29, 1.82) is 0 Å². The topological polar surface area (TPSA) is 144 Å². The van der Waals surface area contributed by atoms with Crippen molar-refractivity contribution in [2.75, 3.05) is 33.9 Å². The molecule has 0 aromatic heterocycles. The molecule has 0 aliphatic rings. The Hall–Kier alpha value is -4.81. The molecule has 0 aliphatic heterocycles. The molecule has 0 atom stereocenters. The van der Waals surface area contributed by atoms with Crippen LogP contribution in [-0.4, -0.2) is 58.4 Å². The third-order valence-electron chi connectivity index (χ3n) is 5.22. The number of anilines is 1. The highest BCUT2D eigenvalue weighted by Crippen LogP contribution is 2.28. The van der Waals surface area contributed by atoms with E-state index in [4.69, 9.17) is 42.1 Å². The van der Waals surface area contributed by atoms with Gasteiger partial charge in [-0.3, -0.25) is 15.0 Å². The summed E-state index contributed by atoms with van der Waals surface area (Å²) in [4.78, 5) is 25.8. The summed E-state index contributed by atoms with van der Waals surface area (Å²) in [6.07, 6.45) is 2.71. The van der Waals surface area contributed by atoms with Crippen molar-refractivity contribution in [3.8, 4) is 23.0 Å². The lowest BCUT2D eigenvalue weighted by Gasteiger charge is -2.08. The standard InChI is InChI=1S/C27H26Cl2N6O6/c1-38-21-9-5-16(11-23(21)40-3)14-30-34-26(36)25(33-32-20-8-7-18(28)13-19(20)29)27(37)35-31-15-17-6-10-22(39-2)24(12-17)41-4/h5-15,32H,1-4H3,(H,34,36)(H,35,37). The van der Waals surface area contributed by atoms with Crippen LogP contribution in [-0.2, 0) is 9.59 Å². The number of hydrazone groups is 3. The molecule has 3 aromatic rings. The molecule has 0 saturated heterocycles. The highest BCUT2D eigenvalue weighted by atomic mass is 35.5. The van der Waals surface area contributed by atoms with Crippen molar-refractivity contribution in [2.45, 2.75) is 0 Å². The maximum absolute atomic E-state index is 12.9. The molecule has 0 radical (unpaired) electrons. The number of amides is 2. The fourth-order valence-electron chi connectivity index (χ4n) is 3.20. The van der Waals surface area contributed by atoms with Crippen molar-refractivity contribution >= 4 is 58.8 Å². The van der Waals surface area contributed by atoms with Crippen molar-refractivity contribution in [3.63, 3.8) is 0 Å². The van der Waals surface area contributed by atoms with Gasteiger partial charge in [0.15, 0.2) is 23.0 Å². The van der Waals surface area contributed by atoms with Crippen LogP contribution in [0.3, 0.4) is 0 Å². The first-order valence-electron chi connectivity index (χ1n) is 11.7. The lowest BCUT2D eigenvalue weighted by Crippen LogP contribution is -2.39. The third-order valence-corrected chi connectivity index (χ3v) is 5.77. The first-order chi connectivity index (χ1) is 19.8. The number of nitrogens with zero attached hydrogens (tertiary/aromatic N) is 3. The summed E-state index contributed by atoms with van der Waals surface area (Å²) < 4.78 is 20.9. The molecule has 14 heteroatoms. The summed E-state index contributed by atoms with van der Waals surface area (Å²) in [5, 5.41) is 12.4. The largest absolute Gasteiger partial charge is 0.493 e. The molecule has 214 valence electrons. The van der Waals surface area contributed by atoms with Crippen molar-refractivity contribution in [2.24, 2.45) is 15.3 Å². The molecule has 0 aliphatic carbocycles. The number of nitrogens with one attached hydrogen (secondary N) is 3. The Kier molecular flexibility index (Phi) is 11.3. The molecule has 0 heterocycles. The number of methoxy groups -OCH3 is 4. The molecule has 3 aromatic carbocycles. The highest BCUT2D eigenvalue weighted by Gasteiger charge is 2.21. The number of carbonyl (C=O) groups excluding carboxylic acids is 2.